The third-order valence-electron chi connectivity index (χ3n) is 4.06. The maximum atomic E-state index is 9.79. The number of nitrogens with one attached hydrogen (secondary N) is 2. The minimum atomic E-state index is -0.271. The lowest BCUT2D eigenvalue weighted by Gasteiger charge is -2.28. The standard InChI is InChI=1S/C19H24N2OS/c1-15-7-6-10-17(13-15)21-18(23)20-12-11-19(2,14-22)16-8-4-3-5-9-16/h3-10,13,22H,11-12,14H2,1-2H3,(H2,20,21,23). The third kappa shape index (κ3) is 5.05. The molecule has 0 aliphatic heterocycles. The van der Waals surface area contributed by atoms with Crippen LogP contribution >= 0.6 is 12.2 Å². The van der Waals surface area contributed by atoms with Crippen molar-refractivity contribution in [3.63, 3.8) is 0 Å². The number of hydrogen-bond donors (Lipinski definition) is 3. The average molecular weight is 328 g/mol. The maximum absolute atomic E-state index is 9.79. The van der Waals surface area contributed by atoms with Crippen molar-refractivity contribution in [2.75, 3.05) is 18.5 Å². The van der Waals surface area contributed by atoms with Crippen LogP contribution in [0.3, 0.4) is 0 Å². The third-order valence-corrected chi connectivity index (χ3v) is 4.30. The van der Waals surface area contributed by atoms with Crippen molar-refractivity contribution >= 4 is 23.0 Å². The molecule has 0 saturated heterocycles. The molecule has 1 atom stereocenters. The van der Waals surface area contributed by atoms with Crippen LogP contribution in [0.2, 0.25) is 0 Å². The molecule has 0 bridgehead atoms. The molecule has 4 heteroatoms. The second kappa shape index (κ2) is 8.09. The number of rotatable bonds is 6. The molecular formula is C19H24N2OS. The zero-order valence-corrected chi connectivity index (χ0v) is 14.5. The molecule has 0 aliphatic rings. The van der Waals surface area contributed by atoms with Crippen LogP contribution in [0.15, 0.2) is 54.6 Å². The minimum absolute atomic E-state index is 0.108. The summed E-state index contributed by atoms with van der Waals surface area (Å²) in [4.78, 5) is 0. The van der Waals surface area contributed by atoms with Crippen molar-refractivity contribution < 1.29 is 5.11 Å². The van der Waals surface area contributed by atoms with E-state index in [0.717, 1.165) is 17.7 Å². The molecule has 0 aliphatic carbocycles. The van der Waals surface area contributed by atoms with Crippen molar-refractivity contribution in [3.8, 4) is 0 Å². The fourth-order valence-electron chi connectivity index (χ4n) is 2.51. The first kappa shape index (κ1) is 17.4. The second-order valence-electron chi connectivity index (χ2n) is 6.09. The molecular weight excluding hydrogens is 304 g/mol. The smallest absolute Gasteiger partial charge is 0.170 e. The molecule has 0 fully saturated rings. The van der Waals surface area contributed by atoms with Gasteiger partial charge < -0.3 is 15.7 Å². The van der Waals surface area contributed by atoms with Crippen LogP contribution in [0.5, 0.6) is 0 Å². The van der Waals surface area contributed by atoms with Crippen molar-refractivity contribution in [1.82, 2.24) is 5.32 Å². The number of thiocarbonyl (C=S) groups is 1. The molecule has 0 radical (unpaired) electrons. The number of hydrogen-bond acceptors (Lipinski definition) is 2. The van der Waals surface area contributed by atoms with Gasteiger partial charge in [0.2, 0.25) is 0 Å². The van der Waals surface area contributed by atoms with Crippen molar-refractivity contribution in [2.45, 2.75) is 25.7 Å². The highest BCUT2D eigenvalue weighted by molar-refractivity contribution is 7.80. The van der Waals surface area contributed by atoms with Gasteiger partial charge in [-0.3, -0.25) is 0 Å². The number of aliphatic hydroxyl groups excluding tert-OH is 1. The van der Waals surface area contributed by atoms with Crippen molar-refractivity contribution in [1.29, 1.82) is 0 Å². The Morgan fingerprint density at radius 1 is 1.13 bits per heavy atom. The maximum Gasteiger partial charge on any atom is 0.170 e. The van der Waals surface area contributed by atoms with Crippen LogP contribution in [0.25, 0.3) is 0 Å². The van der Waals surface area contributed by atoms with Gasteiger partial charge in [0.05, 0.1) is 6.61 Å². The summed E-state index contributed by atoms with van der Waals surface area (Å²) in [6.45, 7) is 4.93. The monoisotopic (exact) mass is 328 g/mol. The number of anilines is 1. The quantitative estimate of drug-likeness (QED) is 0.709. The van der Waals surface area contributed by atoms with E-state index in [1.807, 2.05) is 43.3 Å². The summed E-state index contributed by atoms with van der Waals surface area (Å²) >= 11 is 5.34. The summed E-state index contributed by atoms with van der Waals surface area (Å²) in [5, 5.41) is 16.8. The Balaban J connectivity index is 1.87. The van der Waals surface area contributed by atoms with Gasteiger partial charge in [-0.2, -0.15) is 0 Å². The first-order valence-corrected chi connectivity index (χ1v) is 8.22. The van der Waals surface area contributed by atoms with E-state index in [2.05, 4.69) is 35.8 Å². The summed E-state index contributed by atoms with van der Waals surface area (Å²) in [6, 6.07) is 18.2. The fraction of sp³-hybridized carbons (Fsp3) is 0.316. The zero-order valence-electron chi connectivity index (χ0n) is 13.7. The molecule has 0 saturated carbocycles. The molecule has 0 heterocycles. The average Bonchev–Trinajstić information content (AvgIpc) is 2.55. The molecule has 3 nitrogen and oxygen atoms in total. The molecule has 2 aromatic rings. The SMILES string of the molecule is Cc1cccc(NC(=S)NCCC(C)(CO)c2ccccc2)c1. The van der Waals surface area contributed by atoms with Gasteiger partial charge in [0, 0.05) is 17.6 Å². The number of aliphatic hydroxyl groups is 1. The number of aryl methyl sites for hydroxylation is 1. The predicted molar refractivity (Wildman–Crippen MR) is 101 cm³/mol. The molecule has 0 amide bonds. The summed E-state index contributed by atoms with van der Waals surface area (Å²) in [7, 11) is 0. The van der Waals surface area contributed by atoms with Gasteiger partial charge in [0.1, 0.15) is 0 Å². The largest absolute Gasteiger partial charge is 0.395 e. The highest BCUT2D eigenvalue weighted by Gasteiger charge is 2.25. The fourth-order valence-corrected chi connectivity index (χ4v) is 2.73. The Labute approximate surface area is 143 Å². The van der Waals surface area contributed by atoms with Gasteiger partial charge in [-0.05, 0) is 48.8 Å². The van der Waals surface area contributed by atoms with E-state index in [0.29, 0.717) is 11.7 Å². The second-order valence-corrected chi connectivity index (χ2v) is 6.49. The van der Waals surface area contributed by atoms with Gasteiger partial charge in [0.25, 0.3) is 0 Å². The van der Waals surface area contributed by atoms with Crippen LogP contribution in [0, 0.1) is 6.92 Å². The molecule has 0 spiro atoms. The van der Waals surface area contributed by atoms with Crippen LogP contribution in [0.4, 0.5) is 5.69 Å². The minimum Gasteiger partial charge on any atom is -0.395 e. The Bertz CT molecular complexity index is 645. The van der Waals surface area contributed by atoms with Gasteiger partial charge in [-0.1, -0.05) is 49.4 Å². The lowest BCUT2D eigenvalue weighted by Crippen LogP contribution is -2.35. The van der Waals surface area contributed by atoms with Gasteiger partial charge in [-0.25, -0.2) is 0 Å². The van der Waals surface area contributed by atoms with E-state index in [-0.39, 0.29) is 12.0 Å². The summed E-state index contributed by atoms with van der Waals surface area (Å²) < 4.78 is 0. The first-order chi connectivity index (χ1) is 11.0. The van der Waals surface area contributed by atoms with E-state index < -0.39 is 0 Å². The van der Waals surface area contributed by atoms with Crippen LogP contribution in [0.1, 0.15) is 24.5 Å². The summed E-state index contributed by atoms with van der Waals surface area (Å²) in [6.07, 6.45) is 0.795. The predicted octanol–water partition coefficient (Wildman–Crippen LogP) is 3.62. The van der Waals surface area contributed by atoms with E-state index >= 15 is 0 Å². The summed E-state index contributed by atoms with van der Waals surface area (Å²) in [5.74, 6) is 0. The Hall–Kier alpha value is -1.91. The molecule has 2 aromatic carbocycles. The molecule has 1 unspecified atom stereocenters. The Morgan fingerprint density at radius 2 is 1.87 bits per heavy atom. The lowest BCUT2D eigenvalue weighted by atomic mass is 9.80. The topological polar surface area (TPSA) is 44.3 Å². The molecule has 3 N–H and O–H groups in total. The molecule has 2 rings (SSSR count). The van der Waals surface area contributed by atoms with E-state index in [9.17, 15) is 5.11 Å². The summed E-state index contributed by atoms with van der Waals surface area (Å²) in [5.41, 5.74) is 3.04. The van der Waals surface area contributed by atoms with Crippen LogP contribution in [-0.4, -0.2) is 23.4 Å². The molecule has 122 valence electrons. The van der Waals surface area contributed by atoms with E-state index in [4.69, 9.17) is 12.2 Å². The van der Waals surface area contributed by atoms with E-state index in [1.165, 1.54) is 5.56 Å². The van der Waals surface area contributed by atoms with Crippen molar-refractivity contribution in [2.24, 2.45) is 0 Å². The van der Waals surface area contributed by atoms with Crippen molar-refractivity contribution in [3.05, 3.63) is 65.7 Å². The highest BCUT2D eigenvalue weighted by Crippen LogP contribution is 2.26. The van der Waals surface area contributed by atoms with Gasteiger partial charge in [0.15, 0.2) is 5.11 Å². The van der Waals surface area contributed by atoms with E-state index in [1.54, 1.807) is 0 Å². The lowest BCUT2D eigenvalue weighted by molar-refractivity contribution is 0.197. The van der Waals surface area contributed by atoms with Crippen LogP contribution in [-0.2, 0) is 5.41 Å². The Kier molecular flexibility index (Phi) is 6.13. The van der Waals surface area contributed by atoms with Gasteiger partial charge >= 0.3 is 0 Å². The highest BCUT2D eigenvalue weighted by atomic mass is 32.1. The molecule has 0 aromatic heterocycles. The Morgan fingerprint density at radius 3 is 2.52 bits per heavy atom. The first-order valence-electron chi connectivity index (χ1n) is 7.81. The molecule has 23 heavy (non-hydrogen) atoms. The van der Waals surface area contributed by atoms with Crippen LogP contribution < -0.4 is 10.6 Å². The normalized spacial score (nSPS) is 13.2. The number of benzene rings is 2. The zero-order chi connectivity index (χ0) is 16.7. The van der Waals surface area contributed by atoms with Gasteiger partial charge in [-0.15, -0.1) is 0 Å².